The maximum absolute atomic E-state index is 5.48. The maximum Gasteiger partial charge on any atom is 0.170 e. The van der Waals surface area contributed by atoms with Gasteiger partial charge in [0.2, 0.25) is 0 Å². The van der Waals surface area contributed by atoms with Crippen molar-refractivity contribution in [2.45, 2.75) is 6.04 Å². The summed E-state index contributed by atoms with van der Waals surface area (Å²) in [5.74, 6) is 0. The summed E-state index contributed by atoms with van der Waals surface area (Å²) < 4.78 is 6.68. The van der Waals surface area contributed by atoms with Crippen LogP contribution in [0, 0.1) is 3.57 Å². The molecular weight excluding hydrogens is 447 g/mol. The number of pyridine rings is 1. The quantitative estimate of drug-likeness (QED) is 0.520. The Balaban J connectivity index is 1.61. The zero-order valence-corrected chi connectivity index (χ0v) is 16.8. The van der Waals surface area contributed by atoms with Crippen LogP contribution in [-0.2, 0) is 4.74 Å². The Hall–Kier alpha value is -1.29. The number of hydrogen-bond donors (Lipinski definition) is 2. The Labute approximate surface area is 167 Å². The normalized spacial score (nSPS) is 16.2. The van der Waals surface area contributed by atoms with Crippen molar-refractivity contribution < 1.29 is 4.74 Å². The second kappa shape index (κ2) is 9.42. The SMILES string of the molecule is S=C(NC[C@@H](c1cccnc1)N1CCOCC1)Nc1ccc(I)cc1. The van der Waals surface area contributed by atoms with Crippen molar-refractivity contribution in [1.82, 2.24) is 15.2 Å². The molecule has 1 saturated heterocycles. The van der Waals surface area contributed by atoms with Crippen LogP contribution in [0.15, 0.2) is 48.8 Å². The third-order valence-corrected chi connectivity index (χ3v) is 5.08. The summed E-state index contributed by atoms with van der Waals surface area (Å²) in [5, 5.41) is 7.21. The molecule has 3 rings (SSSR count). The Kier molecular flexibility index (Phi) is 6.97. The molecule has 2 aromatic rings. The van der Waals surface area contributed by atoms with Gasteiger partial charge >= 0.3 is 0 Å². The average molecular weight is 468 g/mol. The highest BCUT2D eigenvalue weighted by atomic mass is 127. The summed E-state index contributed by atoms with van der Waals surface area (Å²) in [4.78, 5) is 6.69. The molecule has 0 bridgehead atoms. The van der Waals surface area contributed by atoms with Gasteiger partial charge in [0.05, 0.1) is 19.3 Å². The van der Waals surface area contributed by atoms with Crippen LogP contribution in [0.5, 0.6) is 0 Å². The highest BCUT2D eigenvalue weighted by Crippen LogP contribution is 2.20. The molecule has 132 valence electrons. The van der Waals surface area contributed by atoms with E-state index in [0.29, 0.717) is 5.11 Å². The van der Waals surface area contributed by atoms with Crippen molar-refractivity contribution in [3.05, 3.63) is 57.9 Å². The van der Waals surface area contributed by atoms with Gasteiger partial charge in [0.1, 0.15) is 0 Å². The van der Waals surface area contributed by atoms with Gasteiger partial charge in [-0.05, 0) is 70.7 Å². The summed E-state index contributed by atoms with van der Waals surface area (Å²) in [6.07, 6.45) is 3.73. The number of anilines is 1. The van der Waals surface area contributed by atoms with Gasteiger partial charge in [0, 0.05) is 41.3 Å². The molecule has 1 aromatic heterocycles. The van der Waals surface area contributed by atoms with Crippen LogP contribution < -0.4 is 10.6 Å². The fourth-order valence-electron chi connectivity index (χ4n) is 2.82. The van der Waals surface area contributed by atoms with Crippen molar-refractivity contribution in [2.24, 2.45) is 0 Å². The molecule has 1 aliphatic heterocycles. The lowest BCUT2D eigenvalue weighted by molar-refractivity contribution is 0.0170. The predicted molar refractivity (Wildman–Crippen MR) is 113 cm³/mol. The fourth-order valence-corrected chi connectivity index (χ4v) is 3.38. The molecule has 1 aliphatic rings. The van der Waals surface area contributed by atoms with Gasteiger partial charge in [-0.3, -0.25) is 9.88 Å². The number of rotatable bonds is 5. The number of aromatic nitrogens is 1. The highest BCUT2D eigenvalue weighted by molar-refractivity contribution is 14.1. The molecule has 0 radical (unpaired) electrons. The Bertz CT molecular complexity index is 677. The number of halogens is 1. The van der Waals surface area contributed by atoms with Crippen LogP contribution >= 0.6 is 34.8 Å². The first-order chi connectivity index (χ1) is 12.2. The molecule has 0 amide bonds. The summed E-state index contributed by atoms with van der Waals surface area (Å²) in [6, 6.07) is 12.5. The third kappa shape index (κ3) is 5.60. The molecule has 0 spiro atoms. The number of benzene rings is 1. The molecule has 0 aliphatic carbocycles. The van der Waals surface area contributed by atoms with Crippen molar-refractivity contribution in [3.63, 3.8) is 0 Å². The molecule has 0 unspecified atom stereocenters. The van der Waals surface area contributed by atoms with E-state index in [9.17, 15) is 0 Å². The predicted octanol–water partition coefficient (Wildman–Crippen LogP) is 3.05. The van der Waals surface area contributed by atoms with Gasteiger partial charge < -0.3 is 15.4 Å². The molecular formula is C18H21IN4OS. The van der Waals surface area contributed by atoms with Gasteiger partial charge in [-0.25, -0.2) is 0 Å². The highest BCUT2D eigenvalue weighted by Gasteiger charge is 2.22. The molecule has 2 N–H and O–H groups in total. The number of nitrogens with zero attached hydrogens (tertiary/aromatic N) is 2. The summed E-state index contributed by atoms with van der Waals surface area (Å²) >= 11 is 7.74. The lowest BCUT2D eigenvalue weighted by atomic mass is 10.1. The van der Waals surface area contributed by atoms with Crippen molar-refractivity contribution in [3.8, 4) is 0 Å². The van der Waals surface area contributed by atoms with E-state index in [1.165, 1.54) is 9.13 Å². The van der Waals surface area contributed by atoms with Crippen molar-refractivity contribution in [1.29, 1.82) is 0 Å². The number of nitrogens with one attached hydrogen (secondary N) is 2. The lowest BCUT2D eigenvalue weighted by Gasteiger charge is -2.35. The minimum atomic E-state index is 0.217. The van der Waals surface area contributed by atoms with Gasteiger partial charge in [-0.2, -0.15) is 0 Å². The van der Waals surface area contributed by atoms with Gasteiger partial charge in [-0.15, -0.1) is 0 Å². The average Bonchev–Trinajstić information content (AvgIpc) is 2.66. The molecule has 2 heterocycles. The van der Waals surface area contributed by atoms with E-state index in [4.69, 9.17) is 17.0 Å². The van der Waals surface area contributed by atoms with E-state index >= 15 is 0 Å². The van der Waals surface area contributed by atoms with Crippen LogP contribution in [0.2, 0.25) is 0 Å². The van der Waals surface area contributed by atoms with E-state index < -0.39 is 0 Å². The van der Waals surface area contributed by atoms with E-state index in [0.717, 1.165) is 38.5 Å². The van der Waals surface area contributed by atoms with E-state index in [1.807, 2.05) is 24.4 Å². The first-order valence-electron chi connectivity index (χ1n) is 8.24. The Morgan fingerprint density at radius 1 is 1.24 bits per heavy atom. The van der Waals surface area contributed by atoms with Crippen LogP contribution in [-0.4, -0.2) is 47.8 Å². The van der Waals surface area contributed by atoms with E-state index in [2.05, 4.69) is 61.3 Å². The van der Waals surface area contributed by atoms with Crippen LogP contribution in [0.3, 0.4) is 0 Å². The standard InChI is InChI=1S/C18H21IN4OS/c19-15-3-5-16(6-4-15)22-18(25)21-13-17(14-2-1-7-20-12-14)23-8-10-24-11-9-23/h1-7,12,17H,8-11,13H2,(H2,21,22,25)/t17-/m0/s1. The summed E-state index contributed by atoms with van der Waals surface area (Å²) in [5.41, 5.74) is 2.18. The molecule has 25 heavy (non-hydrogen) atoms. The largest absolute Gasteiger partial charge is 0.379 e. The van der Waals surface area contributed by atoms with Crippen molar-refractivity contribution in [2.75, 3.05) is 38.2 Å². The lowest BCUT2D eigenvalue weighted by Crippen LogP contribution is -2.44. The van der Waals surface area contributed by atoms with Gasteiger partial charge in [0.25, 0.3) is 0 Å². The summed E-state index contributed by atoms with van der Waals surface area (Å²) in [7, 11) is 0. The molecule has 0 saturated carbocycles. The van der Waals surface area contributed by atoms with Gasteiger partial charge in [-0.1, -0.05) is 6.07 Å². The first kappa shape index (κ1) is 18.5. The monoisotopic (exact) mass is 468 g/mol. The minimum Gasteiger partial charge on any atom is -0.379 e. The Morgan fingerprint density at radius 2 is 2.00 bits per heavy atom. The zero-order chi connectivity index (χ0) is 17.5. The number of ether oxygens (including phenoxy) is 1. The molecule has 1 fully saturated rings. The maximum atomic E-state index is 5.48. The molecule has 7 heteroatoms. The first-order valence-corrected chi connectivity index (χ1v) is 9.73. The smallest absolute Gasteiger partial charge is 0.170 e. The Morgan fingerprint density at radius 3 is 2.68 bits per heavy atom. The van der Waals surface area contributed by atoms with E-state index in [-0.39, 0.29) is 6.04 Å². The molecule has 1 aromatic carbocycles. The van der Waals surface area contributed by atoms with Gasteiger partial charge in [0.15, 0.2) is 5.11 Å². The van der Waals surface area contributed by atoms with Crippen LogP contribution in [0.1, 0.15) is 11.6 Å². The third-order valence-electron chi connectivity index (χ3n) is 4.11. The number of hydrogen-bond acceptors (Lipinski definition) is 4. The van der Waals surface area contributed by atoms with Crippen LogP contribution in [0.4, 0.5) is 5.69 Å². The number of thiocarbonyl (C=S) groups is 1. The van der Waals surface area contributed by atoms with Crippen molar-refractivity contribution >= 4 is 45.6 Å². The topological polar surface area (TPSA) is 49.4 Å². The second-order valence-electron chi connectivity index (χ2n) is 5.79. The number of morpholine rings is 1. The summed E-state index contributed by atoms with van der Waals surface area (Å²) in [6.45, 7) is 4.09. The molecule has 1 atom stereocenters. The minimum absolute atomic E-state index is 0.217. The second-order valence-corrected chi connectivity index (χ2v) is 7.45. The zero-order valence-electron chi connectivity index (χ0n) is 13.8. The molecule has 5 nitrogen and oxygen atoms in total. The fraction of sp³-hybridized carbons (Fsp3) is 0.333. The van der Waals surface area contributed by atoms with Crippen LogP contribution in [0.25, 0.3) is 0 Å². The van der Waals surface area contributed by atoms with E-state index in [1.54, 1.807) is 6.20 Å².